The molecule has 212 valence electrons. The standard InChI is InChI=1S/C28H22F3N3O6S/c29-28(30,31)40-21-8-6-20(7-9-21)34(14-17-1-3-18(4-2-17)26(37)32-12-11-25(35)36)27-33-22(15-41-27)19-5-10-23-24(13-19)39-16-38-23/h1-10,13,15H,11-12,14,16H2,(H,32,37)(H,35,36). The van der Waals surface area contributed by atoms with Crippen molar-refractivity contribution >= 4 is 34.0 Å². The minimum absolute atomic E-state index is 0.00743. The zero-order valence-electron chi connectivity index (χ0n) is 21.2. The van der Waals surface area contributed by atoms with E-state index < -0.39 is 18.2 Å². The molecule has 3 aromatic carbocycles. The van der Waals surface area contributed by atoms with Gasteiger partial charge in [0.25, 0.3) is 5.91 Å². The summed E-state index contributed by atoms with van der Waals surface area (Å²) in [6.45, 7) is 0.438. The second-order valence-electron chi connectivity index (χ2n) is 8.81. The van der Waals surface area contributed by atoms with E-state index in [2.05, 4.69) is 10.1 Å². The third-order valence-corrected chi connectivity index (χ3v) is 6.82. The number of benzene rings is 3. The Hall–Kier alpha value is -4.78. The summed E-state index contributed by atoms with van der Waals surface area (Å²) in [4.78, 5) is 29.6. The molecule has 2 heterocycles. The molecule has 0 aliphatic carbocycles. The summed E-state index contributed by atoms with van der Waals surface area (Å²) in [5.41, 5.74) is 3.21. The molecule has 1 aromatic heterocycles. The Morgan fingerprint density at radius 1 is 1.02 bits per heavy atom. The number of amides is 1. The average molecular weight is 586 g/mol. The molecule has 0 fully saturated rings. The van der Waals surface area contributed by atoms with Gasteiger partial charge in [0.1, 0.15) is 5.75 Å². The first-order valence-corrected chi connectivity index (χ1v) is 13.1. The molecule has 4 aromatic rings. The van der Waals surface area contributed by atoms with Crippen LogP contribution in [-0.4, -0.2) is 41.7 Å². The van der Waals surface area contributed by atoms with Crippen LogP contribution >= 0.6 is 11.3 Å². The van der Waals surface area contributed by atoms with Crippen LogP contribution in [0, 0.1) is 0 Å². The largest absolute Gasteiger partial charge is 0.573 e. The van der Waals surface area contributed by atoms with Crippen LogP contribution in [0.15, 0.2) is 72.1 Å². The van der Waals surface area contributed by atoms with Gasteiger partial charge in [-0.3, -0.25) is 9.59 Å². The molecule has 9 nitrogen and oxygen atoms in total. The molecule has 2 N–H and O–H groups in total. The number of carbonyl (C=O) groups excluding carboxylic acids is 1. The van der Waals surface area contributed by atoms with Gasteiger partial charge in [-0.05, 0) is 60.2 Å². The number of hydrogen-bond acceptors (Lipinski definition) is 8. The van der Waals surface area contributed by atoms with Gasteiger partial charge in [0.05, 0.1) is 18.7 Å². The number of carboxylic acid groups (broad SMARTS) is 1. The van der Waals surface area contributed by atoms with Crippen molar-refractivity contribution in [3.05, 3.63) is 83.2 Å². The van der Waals surface area contributed by atoms with Gasteiger partial charge in [-0.15, -0.1) is 24.5 Å². The van der Waals surface area contributed by atoms with Gasteiger partial charge in [0.15, 0.2) is 16.6 Å². The highest BCUT2D eigenvalue weighted by Gasteiger charge is 2.31. The van der Waals surface area contributed by atoms with Crippen LogP contribution in [0.4, 0.5) is 24.0 Å². The van der Waals surface area contributed by atoms with Crippen LogP contribution in [0.3, 0.4) is 0 Å². The van der Waals surface area contributed by atoms with Gasteiger partial charge in [-0.1, -0.05) is 12.1 Å². The second kappa shape index (κ2) is 11.8. The van der Waals surface area contributed by atoms with Crippen LogP contribution in [0.25, 0.3) is 11.3 Å². The van der Waals surface area contributed by atoms with Crippen LogP contribution in [0.2, 0.25) is 0 Å². The van der Waals surface area contributed by atoms with Crippen LogP contribution < -0.4 is 24.4 Å². The van der Waals surface area contributed by atoms with E-state index in [1.807, 2.05) is 22.4 Å². The molecule has 13 heteroatoms. The highest BCUT2D eigenvalue weighted by atomic mass is 32.1. The number of carbonyl (C=O) groups is 2. The first-order chi connectivity index (χ1) is 19.6. The lowest BCUT2D eigenvalue weighted by Gasteiger charge is -2.23. The van der Waals surface area contributed by atoms with Crippen molar-refractivity contribution in [2.24, 2.45) is 0 Å². The number of fused-ring (bicyclic) bond motifs is 1. The van der Waals surface area contributed by atoms with Crippen molar-refractivity contribution in [3.63, 3.8) is 0 Å². The number of ether oxygens (including phenoxy) is 3. The molecule has 1 aliphatic rings. The van der Waals surface area contributed by atoms with Crippen LogP contribution in [-0.2, 0) is 11.3 Å². The van der Waals surface area contributed by atoms with E-state index in [1.54, 1.807) is 30.3 Å². The van der Waals surface area contributed by atoms with E-state index in [-0.39, 0.29) is 32.1 Å². The quantitative estimate of drug-likeness (QED) is 0.234. The van der Waals surface area contributed by atoms with E-state index in [9.17, 15) is 22.8 Å². The second-order valence-corrected chi connectivity index (χ2v) is 9.64. The molecule has 0 atom stereocenters. The molecule has 0 unspecified atom stereocenters. The number of thiazole rings is 1. The Bertz CT molecular complexity index is 1540. The third kappa shape index (κ3) is 7.06. The van der Waals surface area contributed by atoms with Gasteiger partial charge in [-0.2, -0.15) is 0 Å². The van der Waals surface area contributed by atoms with Crippen molar-refractivity contribution in [2.75, 3.05) is 18.2 Å². The van der Waals surface area contributed by atoms with Crippen molar-refractivity contribution in [1.29, 1.82) is 0 Å². The molecular weight excluding hydrogens is 563 g/mol. The minimum Gasteiger partial charge on any atom is -0.481 e. The lowest BCUT2D eigenvalue weighted by atomic mass is 10.1. The van der Waals surface area contributed by atoms with E-state index >= 15 is 0 Å². The number of anilines is 2. The summed E-state index contributed by atoms with van der Waals surface area (Å²) in [6.07, 6.45) is -4.99. The molecule has 1 amide bonds. The number of carboxylic acids is 1. The first-order valence-electron chi connectivity index (χ1n) is 12.2. The van der Waals surface area contributed by atoms with Crippen molar-refractivity contribution in [2.45, 2.75) is 19.3 Å². The monoisotopic (exact) mass is 585 g/mol. The number of halogens is 3. The minimum atomic E-state index is -4.81. The van der Waals surface area contributed by atoms with Gasteiger partial charge >= 0.3 is 12.3 Å². The highest BCUT2D eigenvalue weighted by Crippen LogP contribution is 2.39. The molecule has 0 spiro atoms. The molecule has 0 saturated heterocycles. The maximum absolute atomic E-state index is 12.7. The zero-order chi connectivity index (χ0) is 29.0. The Labute approximate surface area is 235 Å². The number of nitrogens with one attached hydrogen (secondary N) is 1. The maximum atomic E-state index is 12.7. The fourth-order valence-corrected chi connectivity index (χ4v) is 4.86. The van der Waals surface area contributed by atoms with Gasteiger partial charge in [-0.25, -0.2) is 4.98 Å². The summed E-state index contributed by atoms with van der Waals surface area (Å²) < 4.78 is 52.9. The van der Waals surface area contributed by atoms with Crippen LogP contribution in [0.5, 0.6) is 17.2 Å². The Morgan fingerprint density at radius 3 is 2.46 bits per heavy atom. The summed E-state index contributed by atoms with van der Waals surface area (Å²) in [6, 6.07) is 17.7. The summed E-state index contributed by atoms with van der Waals surface area (Å²) in [5, 5.41) is 13.7. The van der Waals surface area contributed by atoms with Crippen molar-refractivity contribution in [1.82, 2.24) is 10.3 Å². The molecule has 41 heavy (non-hydrogen) atoms. The van der Waals surface area contributed by atoms with E-state index in [0.717, 1.165) is 11.1 Å². The zero-order valence-corrected chi connectivity index (χ0v) is 22.0. The lowest BCUT2D eigenvalue weighted by molar-refractivity contribution is -0.274. The summed E-state index contributed by atoms with van der Waals surface area (Å²) in [5.74, 6) is -0.502. The average Bonchev–Trinajstić information content (AvgIpc) is 3.61. The summed E-state index contributed by atoms with van der Waals surface area (Å²) >= 11 is 1.35. The molecule has 0 bridgehead atoms. The fourth-order valence-electron chi connectivity index (χ4n) is 4.00. The normalized spacial score (nSPS) is 12.2. The van der Waals surface area contributed by atoms with E-state index in [4.69, 9.17) is 19.6 Å². The van der Waals surface area contributed by atoms with Gasteiger partial charge < -0.3 is 29.5 Å². The van der Waals surface area contributed by atoms with Crippen molar-refractivity contribution < 1.29 is 42.1 Å². The topological polar surface area (TPSA) is 110 Å². The number of nitrogens with zero attached hydrogens (tertiary/aromatic N) is 2. The lowest BCUT2D eigenvalue weighted by Crippen LogP contribution is -2.26. The number of aliphatic carboxylic acids is 1. The highest BCUT2D eigenvalue weighted by molar-refractivity contribution is 7.14. The Balaban J connectivity index is 1.39. The van der Waals surface area contributed by atoms with Gasteiger partial charge in [0.2, 0.25) is 6.79 Å². The Kier molecular flexibility index (Phi) is 7.97. The SMILES string of the molecule is O=C(O)CCNC(=O)c1ccc(CN(c2ccc(OC(F)(F)F)cc2)c2nc(-c3ccc4c(c3)OCO4)cs2)cc1. The predicted molar refractivity (Wildman–Crippen MR) is 144 cm³/mol. The molecular formula is C28H22F3N3O6S. The summed E-state index contributed by atoms with van der Waals surface area (Å²) in [7, 11) is 0. The van der Waals surface area contributed by atoms with E-state index in [0.29, 0.717) is 33.6 Å². The molecule has 5 rings (SSSR count). The molecule has 1 aliphatic heterocycles. The third-order valence-electron chi connectivity index (χ3n) is 5.95. The number of hydrogen-bond donors (Lipinski definition) is 2. The molecule has 0 radical (unpaired) electrons. The van der Waals surface area contributed by atoms with Gasteiger partial charge in [0, 0.05) is 28.7 Å². The predicted octanol–water partition coefficient (Wildman–Crippen LogP) is 5.98. The molecule has 0 saturated carbocycles. The number of rotatable bonds is 10. The Morgan fingerprint density at radius 2 is 1.76 bits per heavy atom. The van der Waals surface area contributed by atoms with E-state index in [1.165, 1.54) is 35.6 Å². The maximum Gasteiger partial charge on any atom is 0.573 e. The van der Waals surface area contributed by atoms with Crippen LogP contribution in [0.1, 0.15) is 22.3 Å². The smallest absolute Gasteiger partial charge is 0.481 e. The van der Waals surface area contributed by atoms with Crippen molar-refractivity contribution in [3.8, 4) is 28.5 Å². The fraction of sp³-hybridized carbons (Fsp3) is 0.179. The number of alkyl halides is 3. The number of aromatic nitrogens is 1. The first kappa shape index (κ1) is 27.8.